The van der Waals surface area contributed by atoms with Gasteiger partial charge in [-0.05, 0) is 26.3 Å². The Morgan fingerprint density at radius 2 is 1.73 bits per heavy atom. The maximum Gasteiger partial charge on any atom is 0.497 e. The number of rotatable bonds is 4. The van der Waals surface area contributed by atoms with E-state index in [-0.39, 0.29) is 12.4 Å². The van der Waals surface area contributed by atoms with Crippen molar-refractivity contribution in [1.29, 1.82) is 0 Å². The van der Waals surface area contributed by atoms with Crippen LogP contribution in [0.3, 0.4) is 0 Å². The van der Waals surface area contributed by atoms with Gasteiger partial charge in [-0.15, -0.1) is 0 Å². The highest BCUT2D eigenvalue weighted by Crippen LogP contribution is 2.26. The lowest BCUT2D eigenvalue weighted by atomic mass is 10.3. The van der Waals surface area contributed by atoms with Crippen molar-refractivity contribution in [2.24, 2.45) is 0 Å². The van der Waals surface area contributed by atoms with Gasteiger partial charge in [0.15, 0.2) is 0 Å². The van der Waals surface area contributed by atoms with E-state index < -0.39 is 21.1 Å². The van der Waals surface area contributed by atoms with E-state index in [1.165, 1.54) is 13.8 Å². The van der Waals surface area contributed by atoms with Crippen LogP contribution in [0, 0.1) is 0 Å². The molecule has 0 aromatic carbocycles. The first-order valence-electron chi connectivity index (χ1n) is 4.20. The summed E-state index contributed by atoms with van der Waals surface area (Å²) in [5.74, 6) is -1.28. The van der Waals surface area contributed by atoms with Gasteiger partial charge in [-0.1, -0.05) is 0 Å². The van der Waals surface area contributed by atoms with Crippen LogP contribution >= 0.6 is 0 Å². The molecule has 0 aliphatic heterocycles. The number of halogens is 3. The van der Waals surface area contributed by atoms with Gasteiger partial charge < -0.3 is 4.74 Å². The summed E-state index contributed by atoms with van der Waals surface area (Å²) < 4.78 is 62.5. The summed E-state index contributed by atoms with van der Waals surface area (Å²) in [7, 11) is -5.15. The van der Waals surface area contributed by atoms with Gasteiger partial charge in [0, 0.05) is 0 Å². The minimum Gasteiger partial charge on any atom is -0.497 e. The second kappa shape index (κ2) is 4.87. The third-order valence-electron chi connectivity index (χ3n) is 1.55. The van der Waals surface area contributed by atoms with Crippen LogP contribution in [0.1, 0.15) is 20.8 Å². The molecule has 0 spiro atoms. The maximum atomic E-state index is 12.0. The second-order valence-electron chi connectivity index (χ2n) is 3.06. The van der Waals surface area contributed by atoms with Gasteiger partial charge in [0.1, 0.15) is 11.5 Å². The van der Waals surface area contributed by atoms with Crippen molar-refractivity contribution in [3.05, 3.63) is 11.3 Å². The smallest absolute Gasteiger partial charge is 0.497 e. The van der Waals surface area contributed by atoms with Gasteiger partial charge in [-0.25, -0.2) is 8.42 Å². The van der Waals surface area contributed by atoms with Crippen molar-refractivity contribution in [3.8, 4) is 0 Å². The Morgan fingerprint density at radius 1 is 1.27 bits per heavy atom. The molecule has 90 valence electrons. The van der Waals surface area contributed by atoms with Gasteiger partial charge in [0.25, 0.3) is 9.84 Å². The highest BCUT2D eigenvalue weighted by Gasteiger charge is 2.46. The Labute approximate surface area is 86.8 Å². The molecule has 0 bridgehead atoms. The van der Waals surface area contributed by atoms with Crippen LogP contribution in [-0.2, 0) is 14.6 Å². The molecule has 0 atom stereocenters. The molecule has 0 aromatic heterocycles. The van der Waals surface area contributed by atoms with Crippen molar-refractivity contribution < 1.29 is 26.3 Å². The van der Waals surface area contributed by atoms with Crippen molar-refractivity contribution in [1.82, 2.24) is 0 Å². The molecule has 0 fully saturated rings. The van der Waals surface area contributed by atoms with Gasteiger partial charge in [-0.2, -0.15) is 13.2 Å². The standard InChI is InChI=1S/C8H13F3O3S/c1-4-14-7(6(2)3)5-15(12,13)8(9,10)11/h4-5H2,1-3H3. The second-order valence-corrected chi connectivity index (χ2v) is 5.04. The molecule has 0 aliphatic rings. The SMILES string of the molecule is CCOC(CS(=O)(=O)C(F)(F)F)=C(C)C. The molecule has 7 heteroatoms. The lowest BCUT2D eigenvalue weighted by Gasteiger charge is -2.12. The molecule has 0 saturated carbocycles. The monoisotopic (exact) mass is 246 g/mol. The van der Waals surface area contributed by atoms with Crippen LogP contribution < -0.4 is 0 Å². The highest BCUT2D eigenvalue weighted by atomic mass is 32.2. The van der Waals surface area contributed by atoms with Crippen molar-refractivity contribution in [2.45, 2.75) is 26.3 Å². The van der Waals surface area contributed by atoms with Crippen LogP contribution in [0.15, 0.2) is 11.3 Å². The summed E-state index contributed by atoms with van der Waals surface area (Å²) >= 11 is 0. The molecule has 0 amide bonds. The predicted octanol–water partition coefficient (Wildman–Crippen LogP) is 2.25. The van der Waals surface area contributed by atoms with E-state index in [0.29, 0.717) is 5.57 Å². The molecule has 0 aromatic rings. The van der Waals surface area contributed by atoms with E-state index in [9.17, 15) is 21.6 Å². The molecular weight excluding hydrogens is 233 g/mol. The molecule has 15 heavy (non-hydrogen) atoms. The predicted molar refractivity (Wildman–Crippen MR) is 49.8 cm³/mol. The molecule has 0 radical (unpaired) electrons. The van der Waals surface area contributed by atoms with Gasteiger partial charge in [0.2, 0.25) is 0 Å². The Hall–Kier alpha value is -0.720. The molecule has 0 saturated heterocycles. The van der Waals surface area contributed by atoms with E-state index in [0.717, 1.165) is 0 Å². The Balaban J connectivity index is 4.95. The average molecular weight is 246 g/mol. The van der Waals surface area contributed by atoms with Crippen LogP contribution in [0.5, 0.6) is 0 Å². The fourth-order valence-corrected chi connectivity index (χ4v) is 1.64. The van der Waals surface area contributed by atoms with E-state index in [1.54, 1.807) is 6.92 Å². The first-order chi connectivity index (χ1) is 6.62. The third-order valence-corrected chi connectivity index (χ3v) is 2.90. The van der Waals surface area contributed by atoms with E-state index in [1.807, 2.05) is 0 Å². The lowest BCUT2D eigenvalue weighted by molar-refractivity contribution is -0.0436. The van der Waals surface area contributed by atoms with Crippen molar-refractivity contribution in [3.63, 3.8) is 0 Å². The van der Waals surface area contributed by atoms with Gasteiger partial charge in [0.05, 0.1) is 6.61 Å². The average Bonchev–Trinajstić information content (AvgIpc) is 2.00. The Morgan fingerprint density at radius 3 is 2.00 bits per heavy atom. The zero-order valence-corrected chi connectivity index (χ0v) is 9.50. The zero-order valence-electron chi connectivity index (χ0n) is 8.68. The first kappa shape index (κ1) is 14.3. The maximum absolute atomic E-state index is 12.0. The normalized spacial score (nSPS) is 12.4. The lowest BCUT2D eigenvalue weighted by Crippen LogP contribution is -2.27. The number of allylic oxidation sites excluding steroid dienone is 1. The van der Waals surface area contributed by atoms with E-state index in [4.69, 9.17) is 4.74 Å². The van der Waals surface area contributed by atoms with E-state index >= 15 is 0 Å². The van der Waals surface area contributed by atoms with E-state index in [2.05, 4.69) is 0 Å². The number of ether oxygens (including phenoxy) is 1. The molecular formula is C8H13F3O3S. The minimum atomic E-state index is -5.23. The molecule has 0 rings (SSSR count). The van der Waals surface area contributed by atoms with Crippen LogP contribution in [0.25, 0.3) is 0 Å². The van der Waals surface area contributed by atoms with Crippen molar-refractivity contribution >= 4 is 9.84 Å². The Kier molecular flexibility index (Phi) is 4.64. The number of sulfone groups is 1. The topological polar surface area (TPSA) is 43.4 Å². The first-order valence-corrected chi connectivity index (χ1v) is 5.85. The number of hydrogen-bond donors (Lipinski definition) is 0. The summed E-state index contributed by atoms with van der Waals surface area (Å²) in [6.45, 7) is 4.70. The van der Waals surface area contributed by atoms with Crippen molar-refractivity contribution in [2.75, 3.05) is 12.4 Å². The fourth-order valence-electron chi connectivity index (χ4n) is 0.759. The highest BCUT2D eigenvalue weighted by molar-refractivity contribution is 7.92. The minimum absolute atomic E-state index is 0.133. The summed E-state index contributed by atoms with van der Waals surface area (Å²) in [5, 5.41) is 0. The third kappa shape index (κ3) is 4.11. The van der Waals surface area contributed by atoms with Crippen LogP contribution in [0.4, 0.5) is 13.2 Å². The zero-order chi connectivity index (χ0) is 12.3. The molecule has 3 nitrogen and oxygen atoms in total. The van der Waals surface area contributed by atoms with Gasteiger partial charge >= 0.3 is 5.51 Å². The summed E-state index contributed by atoms with van der Waals surface area (Å²) in [5.41, 5.74) is -4.81. The molecule has 0 N–H and O–H groups in total. The molecule has 0 heterocycles. The summed E-state index contributed by atoms with van der Waals surface area (Å²) in [6.07, 6.45) is 0. The number of alkyl halides is 3. The Bertz CT molecular complexity index is 337. The molecule has 0 aliphatic carbocycles. The van der Waals surface area contributed by atoms with Crippen LogP contribution in [0.2, 0.25) is 0 Å². The summed E-state index contributed by atoms with van der Waals surface area (Å²) in [4.78, 5) is 0. The number of hydrogen-bond acceptors (Lipinski definition) is 3. The quantitative estimate of drug-likeness (QED) is 0.714. The van der Waals surface area contributed by atoms with Gasteiger partial charge in [-0.3, -0.25) is 0 Å². The largest absolute Gasteiger partial charge is 0.497 e. The molecule has 0 unspecified atom stereocenters. The summed E-state index contributed by atoms with van der Waals surface area (Å²) in [6, 6.07) is 0. The van der Waals surface area contributed by atoms with Crippen LogP contribution in [-0.4, -0.2) is 26.3 Å². The fraction of sp³-hybridized carbons (Fsp3) is 0.750.